The van der Waals surface area contributed by atoms with Crippen LogP contribution in [-0.2, 0) is 4.74 Å². The van der Waals surface area contributed by atoms with E-state index in [1.54, 1.807) is 0 Å². The Morgan fingerprint density at radius 3 is 2.94 bits per heavy atom. The molecule has 0 unspecified atom stereocenters. The first-order chi connectivity index (χ1) is 8.00. The molecule has 1 fully saturated rings. The van der Waals surface area contributed by atoms with E-state index in [9.17, 15) is 4.79 Å². The van der Waals surface area contributed by atoms with Gasteiger partial charge in [0, 0.05) is 12.0 Å². The molecule has 92 valence electrons. The van der Waals surface area contributed by atoms with E-state index in [1.165, 1.54) is 6.20 Å². The zero-order valence-electron chi connectivity index (χ0n) is 9.36. The maximum absolute atomic E-state index is 11.2. The zero-order chi connectivity index (χ0) is 12.5. The Labute approximate surface area is 104 Å². The molecule has 2 heterocycles. The normalized spacial score (nSPS) is 17.3. The zero-order valence-corrected chi connectivity index (χ0v) is 10.1. The standard InChI is InChI=1S/C10H13ClN4O2/c1-10(4-17-5-10)3-14-6-2-13-9(11)15-7(6)8(12)16/h2,14H,3-5H2,1H3,(H2,12,16). The summed E-state index contributed by atoms with van der Waals surface area (Å²) in [6, 6.07) is 0. The van der Waals surface area contributed by atoms with Crippen molar-refractivity contribution in [3.05, 3.63) is 17.2 Å². The maximum atomic E-state index is 11.2. The van der Waals surface area contributed by atoms with E-state index < -0.39 is 5.91 Å². The lowest BCUT2D eigenvalue weighted by Crippen LogP contribution is -2.45. The van der Waals surface area contributed by atoms with E-state index in [4.69, 9.17) is 22.1 Å². The van der Waals surface area contributed by atoms with Gasteiger partial charge in [0.1, 0.15) is 0 Å². The molecule has 1 aromatic heterocycles. The van der Waals surface area contributed by atoms with Gasteiger partial charge in [0.25, 0.3) is 5.91 Å². The first-order valence-electron chi connectivity index (χ1n) is 5.14. The number of carbonyl (C=O) groups is 1. The molecule has 0 aliphatic carbocycles. The third kappa shape index (κ3) is 2.65. The van der Waals surface area contributed by atoms with Crippen LogP contribution in [0.2, 0.25) is 5.28 Å². The van der Waals surface area contributed by atoms with Crippen LogP contribution in [0, 0.1) is 5.41 Å². The summed E-state index contributed by atoms with van der Waals surface area (Å²) in [6.07, 6.45) is 1.46. The van der Waals surface area contributed by atoms with Gasteiger partial charge in [-0.05, 0) is 11.6 Å². The molecule has 0 atom stereocenters. The summed E-state index contributed by atoms with van der Waals surface area (Å²) in [4.78, 5) is 18.8. The number of rotatable bonds is 4. The fourth-order valence-electron chi connectivity index (χ4n) is 1.54. The highest BCUT2D eigenvalue weighted by Crippen LogP contribution is 2.27. The number of ether oxygens (including phenoxy) is 1. The highest BCUT2D eigenvalue weighted by molar-refractivity contribution is 6.28. The van der Waals surface area contributed by atoms with Crippen LogP contribution in [0.25, 0.3) is 0 Å². The van der Waals surface area contributed by atoms with E-state index in [2.05, 4.69) is 22.2 Å². The Kier molecular flexibility index (Phi) is 3.17. The van der Waals surface area contributed by atoms with E-state index in [-0.39, 0.29) is 16.4 Å². The number of amides is 1. The minimum absolute atomic E-state index is 0.00235. The second kappa shape index (κ2) is 4.46. The number of halogens is 1. The molecule has 0 spiro atoms. The predicted octanol–water partition coefficient (Wildman–Crippen LogP) is 0.677. The van der Waals surface area contributed by atoms with Crippen LogP contribution in [0.15, 0.2) is 6.20 Å². The number of nitrogens with two attached hydrogens (primary N) is 1. The quantitative estimate of drug-likeness (QED) is 0.773. The highest BCUT2D eigenvalue weighted by Gasteiger charge is 2.33. The van der Waals surface area contributed by atoms with Gasteiger partial charge in [0.05, 0.1) is 25.1 Å². The number of nitrogens with one attached hydrogen (secondary N) is 1. The van der Waals surface area contributed by atoms with Gasteiger partial charge in [-0.1, -0.05) is 6.92 Å². The molecule has 3 N–H and O–H groups in total. The molecular weight excluding hydrogens is 244 g/mol. The minimum atomic E-state index is -0.633. The van der Waals surface area contributed by atoms with Gasteiger partial charge in [-0.15, -0.1) is 0 Å². The Balaban J connectivity index is 2.12. The van der Waals surface area contributed by atoms with Crippen molar-refractivity contribution in [2.75, 3.05) is 25.1 Å². The summed E-state index contributed by atoms with van der Waals surface area (Å²) in [5.41, 5.74) is 5.90. The average Bonchev–Trinajstić information content (AvgIpc) is 2.24. The largest absolute Gasteiger partial charge is 0.381 e. The van der Waals surface area contributed by atoms with Crippen molar-refractivity contribution in [2.45, 2.75) is 6.92 Å². The Morgan fingerprint density at radius 1 is 1.71 bits per heavy atom. The lowest BCUT2D eigenvalue weighted by molar-refractivity contribution is -0.0924. The second-order valence-corrected chi connectivity index (χ2v) is 4.76. The smallest absolute Gasteiger partial charge is 0.269 e. The lowest BCUT2D eigenvalue weighted by Gasteiger charge is -2.38. The molecule has 1 aliphatic heterocycles. The van der Waals surface area contributed by atoms with Gasteiger partial charge in [0.15, 0.2) is 5.69 Å². The minimum Gasteiger partial charge on any atom is -0.381 e. The Hall–Kier alpha value is -1.40. The van der Waals surface area contributed by atoms with Crippen LogP contribution in [0.5, 0.6) is 0 Å². The fourth-order valence-corrected chi connectivity index (χ4v) is 1.67. The lowest BCUT2D eigenvalue weighted by atomic mass is 9.89. The summed E-state index contributed by atoms with van der Waals surface area (Å²) in [5, 5.41) is 3.10. The van der Waals surface area contributed by atoms with Crippen molar-refractivity contribution in [3.63, 3.8) is 0 Å². The summed E-state index contributed by atoms with van der Waals surface area (Å²) >= 11 is 5.61. The molecule has 6 nitrogen and oxygen atoms in total. The molecule has 1 amide bonds. The molecule has 0 saturated carbocycles. The fraction of sp³-hybridized carbons (Fsp3) is 0.500. The average molecular weight is 257 g/mol. The third-order valence-corrected chi connectivity index (χ3v) is 2.78. The van der Waals surface area contributed by atoms with Crippen molar-refractivity contribution in [3.8, 4) is 0 Å². The van der Waals surface area contributed by atoms with E-state index in [0.717, 1.165) is 0 Å². The van der Waals surface area contributed by atoms with Crippen molar-refractivity contribution < 1.29 is 9.53 Å². The van der Waals surface area contributed by atoms with Gasteiger partial charge in [0.2, 0.25) is 5.28 Å². The number of anilines is 1. The molecule has 17 heavy (non-hydrogen) atoms. The first kappa shape index (κ1) is 12.1. The van der Waals surface area contributed by atoms with Crippen LogP contribution in [0.4, 0.5) is 5.69 Å². The monoisotopic (exact) mass is 256 g/mol. The summed E-state index contributed by atoms with van der Waals surface area (Å²) in [6.45, 7) is 4.14. The Morgan fingerprint density at radius 2 is 2.41 bits per heavy atom. The van der Waals surface area contributed by atoms with Crippen molar-refractivity contribution in [1.29, 1.82) is 0 Å². The second-order valence-electron chi connectivity index (χ2n) is 4.42. The van der Waals surface area contributed by atoms with Crippen LogP contribution < -0.4 is 11.1 Å². The molecule has 1 saturated heterocycles. The van der Waals surface area contributed by atoms with E-state index in [0.29, 0.717) is 25.4 Å². The number of nitrogens with zero attached hydrogens (tertiary/aromatic N) is 2. The van der Waals surface area contributed by atoms with Gasteiger partial charge >= 0.3 is 0 Å². The van der Waals surface area contributed by atoms with Crippen LogP contribution in [0.3, 0.4) is 0 Å². The van der Waals surface area contributed by atoms with Crippen LogP contribution in [-0.4, -0.2) is 35.6 Å². The molecule has 1 aromatic rings. The topological polar surface area (TPSA) is 90.1 Å². The summed E-state index contributed by atoms with van der Waals surface area (Å²) < 4.78 is 5.14. The van der Waals surface area contributed by atoms with Crippen LogP contribution in [0.1, 0.15) is 17.4 Å². The first-order valence-corrected chi connectivity index (χ1v) is 5.52. The SMILES string of the molecule is CC1(CNc2cnc(Cl)nc2C(N)=O)COC1. The summed E-state index contributed by atoms with van der Waals surface area (Å²) in [5.74, 6) is -0.633. The number of primary amides is 1. The van der Waals surface area contributed by atoms with E-state index >= 15 is 0 Å². The van der Waals surface area contributed by atoms with Crippen molar-refractivity contribution in [1.82, 2.24) is 9.97 Å². The number of hydrogen-bond donors (Lipinski definition) is 2. The van der Waals surface area contributed by atoms with Crippen molar-refractivity contribution >= 4 is 23.2 Å². The molecule has 7 heteroatoms. The van der Waals surface area contributed by atoms with Gasteiger partial charge in [-0.2, -0.15) is 0 Å². The highest BCUT2D eigenvalue weighted by atomic mass is 35.5. The van der Waals surface area contributed by atoms with Gasteiger partial charge < -0.3 is 15.8 Å². The number of aromatic nitrogens is 2. The number of hydrogen-bond acceptors (Lipinski definition) is 5. The van der Waals surface area contributed by atoms with Crippen LogP contribution >= 0.6 is 11.6 Å². The van der Waals surface area contributed by atoms with Gasteiger partial charge in [-0.3, -0.25) is 4.79 Å². The summed E-state index contributed by atoms with van der Waals surface area (Å²) in [7, 11) is 0. The van der Waals surface area contributed by atoms with Crippen molar-refractivity contribution in [2.24, 2.45) is 11.1 Å². The maximum Gasteiger partial charge on any atom is 0.269 e. The molecule has 0 aromatic carbocycles. The number of carbonyl (C=O) groups excluding carboxylic acids is 1. The third-order valence-electron chi connectivity index (χ3n) is 2.60. The molecular formula is C10H13ClN4O2. The van der Waals surface area contributed by atoms with E-state index in [1.807, 2.05) is 0 Å². The molecule has 0 radical (unpaired) electrons. The molecule has 0 bridgehead atoms. The Bertz CT molecular complexity index is 448. The molecule has 1 aliphatic rings. The predicted molar refractivity (Wildman–Crippen MR) is 63.0 cm³/mol. The van der Waals surface area contributed by atoms with Gasteiger partial charge in [-0.25, -0.2) is 9.97 Å². The molecule has 2 rings (SSSR count).